The van der Waals surface area contributed by atoms with E-state index in [-0.39, 0.29) is 18.4 Å². The number of hydrogen-bond donors (Lipinski definition) is 2. The highest BCUT2D eigenvalue weighted by Gasteiger charge is 2.20. The molecular weight excluding hydrogens is 454 g/mol. The number of rotatable bonds is 7. The Kier molecular flexibility index (Phi) is 6.76. The average molecular weight is 476 g/mol. The quantitative estimate of drug-likeness (QED) is 0.505. The predicted octanol–water partition coefficient (Wildman–Crippen LogP) is 3.64. The second kappa shape index (κ2) is 9.70. The van der Waals surface area contributed by atoms with Crippen molar-refractivity contribution in [3.63, 3.8) is 0 Å². The average Bonchev–Trinajstić information content (AvgIpc) is 3.15. The summed E-state index contributed by atoms with van der Waals surface area (Å²) in [7, 11) is 1.50. The number of anilines is 1. The fourth-order valence-electron chi connectivity index (χ4n) is 3.71. The standard InChI is InChI=1S/C22H22ClN3O5S/c1-30-15-7-6-12(10-14(15)23)24-18(27)11-31-19(28)9-8-17-25-21(29)20-13-4-2-3-5-16(13)32-22(20)26-17/h6-7,10H,2-5,8-9,11H2,1H3,(H,24,27)(H,25,26,29). The molecule has 0 aliphatic heterocycles. The summed E-state index contributed by atoms with van der Waals surface area (Å²) in [6.07, 6.45) is 4.35. The minimum Gasteiger partial charge on any atom is -0.495 e. The van der Waals surface area contributed by atoms with Gasteiger partial charge in [-0.1, -0.05) is 11.6 Å². The number of carbonyl (C=O) groups is 2. The third-order valence-corrected chi connectivity index (χ3v) is 6.72. The van der Waals surface area contributed by atoms with Gasteiger partial charge in [0.2, 0.25) is 0 Å². The van der Waals surface area contributed by atoms with E-state index < -0.39 is 18.5 Å². The number of aromatic nitrogens is 2. The molecule has 0 bridgehead atoms. The lowest BCUT2D eigenvalue weighted by Crippen LogP contribution is -2.21. The summed E-state index contributed by atoms with van der Waals surface area (Å²) in [5.41, 5.74) is 1.43. The molecule has 1 amide bonds. The number of ether oxygens (including phenoxy) is 2. The lowest BCUT2D eigenvalue weighted by atomic mass is 9.97. The first-order valence-electron chi connectivity index (χ1n) is 10.3. The third kappa shape index (κ3) is 4.94. The van der Waals surface area contributed by atoms with Gasteiger partial charge in [-0.05, 0) is 49.4 Å². The molecule has 0 saturated heterocycles. The molecule has 2 heterocycles. The van der Waals surface area contributed by atoms with Crippen molar-refractivity contribution in [2.45, 2.75) is 38.5 Å². The minimum atomic E-state index is -0.555. The molecule has 1 aromatic carbocycles. The molecule has 32 heavy (non-hydrogen) atoms. The van der Waals surface area contributed by atoms with Gasteiger partial charge in [0.15, 0.2) is 6.61 Å². The summed E-state index contributed by atoms with van der Waals surface area (Å²) in [6.45, 7) is -0.427. The van der Waals surface area contributed by atoms with Crippen LogP contribution >= 0.6 is 22.9 Å². The molecule has 0 unspecified atom stereocenters. The fourth-order valence-corrected chi connectivity index (χ4v) is 5.25. The fraction of sp³-hybridized carbons (Fsp3) is 0.364. The Morgan fingerprint density at radius 2 is 2.09 bits per heavy atom. The highest BCUT2D eigenvalue weighted by molar-refractivity contribution is 7.18. The molecule has 2 aromatic heterocycles. The highest BCUT2D eigenvalue weighted by atomic mass is 35.5. The summed E-state index contributed by atoms with van der Waals surface area (Å²) in [5, 5.41) is 3.64. The van der Waals surface area contributed by atoms with Crippen LogP contribution in [0.4, 0.5) is 5.69 Å². The molecule has 0 spiro atoms. The second-order valence-corrected chi connectivity index (χ2v) is 8.95. The monoisotopic (exact) mass is 475 g/mol. The summed E-state index contributed by atoms with van der Waals surface area (Å²) < 4.78 is 10.1. The van der Waals surface area contributed by atoms with Gasteiger partial charge in [0.05, 0.1) is 23.9 Å². The van der Waals surface area contributed by atoms with Crippen molar-refractivity contribution in [2.24, 2.45) is 0 Å². The third-order valence-electron chi connectivity index (χ3n) is 5.24. The molecule has 10 heteroatoms. The van der Waals surface area contributed by atoms with Gasteiger partial charge < -0.3 is 19.8 Å². The smallest absolute Gasteiger partial charge is 0.306 e. The van der Waals surface area contributed by atoms with Crippen molar-refractivity contribution in [2.75, 3.05) is 19.0 Å². The molecule has 2 N–H and O–H groups in total. The van der Waals surface area contributed by atoms with Gasteiger partial charge in [-0.2, -0.15) is 0 Å². The SMILES string of the molecule is COc1ccc(NC(=O)COC(=O)CCc2nc3sc4c(c3c(=O)[nH]2)CCCC4)cc1Cl. The number of fused-ring (bicyclic) bond motifs is 3. The molecule has 0 fully saturated rings. The number of benzene rings is 1. The number of thiophene rings is 1. The molecule has 0 radical (unpaired) electrons. The van der Waals surface area contributed by atoms with Crippen molar-refractivity contribution >= 4 is 50.7 Å². The van der Waals surface area contributed by atoms with Crippen LogP contribution in [-0.2, 0) is 33.6 Å². The van der Waals surface area contributed by atoms with Crippen molar-refractivity contribution in [3.05, 3.63) is 49.8 Å². The van der Waals surface area contributed by atoms with Crippen LogP contribution in [0, 0.1) is 0 Å². The molecular formula is C22H22ClN3O5S. The van der Waals surface area contributed by atoms with Crippen molar-refractivity contribution < 1.29 is 19.1 Å². The van der Waals surface area contributed by atoms with Crippen LogP contribution in [0.3, 0.4) is 0 Å². The minimum absolute atomic E-state index is 0.00117. The van der Waals surface area contributed by atoms with Gasteiger partial charge in [-0.25, -0.2) is 4.98 Å². The van der Waals surface area contributed by atoms with E-state index in [9.17, 15) is 14.4 Å². The zero-order chi connectivity index (χ0) is 22.7. The summed E-state index contributed by atoms with van der Waals surface area (Å²) in [4.78, 5) is 45.9. The van der Waals surface area contributed by atoms with Crippen molar-refractivity contribution in [1.29, 1.82) is 0 Å². The molecule has 1 aliphatic rings. The maximum Gasteiger partial charge on any atom is 0.306 e. The van der Waals surface area contributed by atoms with E-state index in [1.807, 2.05) is 0 Å². The Morgan fingerprint density at radius 3 is 2.88 bits per heavy atom. The van der Waals surface area contributed by atoms with Crippen LogP contribution < -0.4 is 15.6 Å². The normalized spacial score (nSPS) is 12.9. The molecule has 8 nitrogen and oxygen atoms in total. The molecule has 4 rings (SSSR count). The van der Waals surface area contributed by atoms with Crippen LogP contribution in [0.2, 0.25) is 5.02 Å². The maximum atomic E-state index is 12.6. The lowest BCUT2D eigenvalue weighted by molar-refractivity contribution is -0.147. The van der Waals surface area contributed by atoms with Crippen LogP contribution in [0.1, 0.15) is 35.5 Å². The first-order valence-corrected chi connectivity index (χ1v) is 11.5. The number of carbonyl (C=O) groups excluding carboxylic acids is 2. The van der Waals surface area contributed by atoms with Crippen molar-refractivity contribution in [3.8, 4) is 5.75 Å². The van der Waals surface area contributed by atoms with Gasteiger partial charge in [0.1, 0.15) is 16.4 Å². The van der Waals surface area contributed by atoms with E-state index >= 15 is 0 Å². The first-order chi connectivity index (χ1) is 15.4. The second-order valence-electron chi connectivity index (χ2n) is 7.46. The number of H-pyrrole nitrogens is 1. The summed E-state index contributed by atoms with van der Waals surface area (Å²) >= 11 is 7.59. The van der Waals surface area contributed by atoms with E-state index in [1.54, 1.807) is 29.5 Å². The van der Waals surface area contributed by atoms with Crippen LogP contribution in [0.15, 0.2) is 23.0 Å². The Balaban J connectivity index is 1.30. The number of nitrogens with one attached hydrogen (secondary N) is 2. The molecule has 0 atom stereocenters. The largest absolute Gasteiger partial charge is 0.495 e. The van der Waals surface area contributed by atoms with E-state index in [4.69, 9.17) is 21.1 Å². The van der Waals surface area contributed by atoms with E-state index in [0.717, 1.165) is 36.1 Å². The van der Waals surface area contributed by atoms with E-state index in [2.05, 4.69) is 15.3 Å². The zero-order valence-corrected chi connectivity index (χ0v) is 19.0. The number of nitrogens with zero attached hydrogens (tertiary/aromatic N) is 1. The Hall–Kier alpha value is -2.91. The first kappa shape index (κ1) is 22.3. The Morgan fingerprint density at radius 1 is 1.28 bits per heavy atom. The number of esters is 1. The zero-order valence-electron chi connectivity index (χ0n) is 17.5. The van der Waals surface area contributed by atoms with E-state index in [1.165, 1.54) is 12.0 Å². The molecule has 168 valence electrons. The van der Waals surface area contributed by atoms with E-state index in [0.29, 0.717) is 27.7 Å². The van der Waals surface area contributed by atoms with Crippen LogP contribution in [0.5, 0.6) is 5.75 Å². The molecule has 3 aromatic rings. The van der Waals surface area contributed by atoms with Gasteiger partial charge in [0, 0.05) is 17.0 Å². The number of aromatic amines is 1. The Bertz CT molecular complexity index is 1240. The van der Waals surface area contributed by atoms with Crippen molar-refractivity contribution in [1.82, 2.24) is 9.97 Å². The summed E-state index contributed by atoms with van der Waals surface area (Å²) in [5.74, 6) is -0.114. The number of halogens is 1. The van der Waals surface area contributed by atoms with Crippen LogP contribution in [0.25, 0.3) is 10.2 Å². The molecule has 1 aliphatic carbocycles. The Labute approximate surface area is 192 Å². The summed E-state index contributed by atoms with van der Waals surface area (Å²) in [6, 6.07) is 4.80. The van der Waals surface area contributed by atoms with Gasteiger partial charge in [-0.15, -0.1) is 11.3 Å². The highest BCUT2D eigenvalue weighted by Crippen LogP contribution is 2.33. The topological polar surface area (TPSA) is 110 Å². The number of aryl methyl sites for hydroxylation is 3. The number of methoxy groups -OCH3 is 1. The van der Waals surface area contributed by atoms with Gasteiger partial charge >= 0.3 is 5.97 Å². The number of amides is 1. The van der Waals surface area contributed by atoms with Gasteiger partial charge in [0.25, 0.3) is 11.5 Å². The van der Waals surface area contributed by atoms with Crippen LogP contribution in [-0.4, -0.2) is 35.6 Å². The maximum absolute atomic E-state index is 12.6. The molecule has 0 saturated carbocycles. The van der Waals surface area contributed by atoms with Gasteiger partial charge in [-0.3, -0.25) is 14.4 Å². The predicted molar refractivity (Wildman–Crippen MR) is 123 cm³/mol. The lowest BCUT2D eigenvalue weighted by Gasteiger charge is -2.09. The number of hydrogen-bond acceptors (Lipinski definition) is 7.